The SMILES string of the molecule is CCC[C@@H](C)Nc1ccc(N)cc1C(=O)NCC. The number of hydrogen-bond donors (Lipinski definition) is 3. The maximum Gasteiger partial charge on any atom is 0.253 e. The Morgan fingerprint density at radius 1 is 1.39 bits per heavy atom. The lowest BCUT2D eigenvalue weighted by atomic mass is 10.1. The minimum atomic E-state index is -0.0870. The van der Waals surface area contributed by atoms with Crippen molar-refractivity contribution in [3.8, 4) is 0 Å². The van der Waals surface area contributed by atoms with E-state index in [1.165, 1.54) is 0 Å². The van der Waals surface area contributed by atoms with E-state index >= 15 is 0 Å². The Morgan fingerprint density at radius 2 is 2.11 bits per heavy atom. The second-order valence-corrected chi connectivity index (χ2v) is 4.50. The van der Waals surface area contributed by atoms with Crippen molar-refractivity contribution < 1.29 is 4.79 Å². The molecule has 0 unspecified atom stereocenters. The third-order valence-corrected chi connectivity index (χ3v) is 2.75. The van der Waals surface area contributed by atoms with Crippen molar-refractivity contribution in [3.05, 3.63) is 23.8 Å². The molecule has 0 aromatic heterocycles. The van der Waals surface area contributed by atoms with Gasteiger partial charge in [-0.15, -0.1) is 0 Å². The summed E-state index contributed by atoms with van der Waals surface area (Å²) in [6.07, 6.45) is 2.18. The molecule has 1 amide bonds. The van der Waals surface area contributed by atoms with Crippen LogP contribution in [0.2, 0.25) is 0 Å². The highest BCUT2D eigenvalue weighted by atomic mass is 16.1. The lowest BCUT2D eigenvalue weighted by Gasteiger charge is -2.17. The van der Waals surface area contributed by atoms with Crippen LogP contribution in [0.3, 0.4) is 0 Å². The first-order chi connectivity index (χ1) is 8.58. The molecule has 0 heterocycles. The number of carbonyl (C=O) groups excluding carboxylic acids is 1. The molecule has 0 aliphatic heterocycles. The Balaban J connectivity index is 2.92. The van der Waals surface area contributed by atoms with Crippen LogP contribution in [0.15, 0.2) is 18.2 Å². The van der Waals surface area contributed by atoms with Crippen LogP contribution >= 0.6 is 0 Å². The van der Waals surface area contributed by atoms with Gasteiger partial charge in [0, 0.05) is 24.0 Å². The maximum atomic E-state index is 12.0. The predicted octanol–water partition coefficient (Wildman–Crippen LogP) is 2.62. The lowest BCUT2D eigenvalue weighted by Crippen LogP contribution is -2.25. The van der Waals surface area contributed by atoms with Crippen LogP contribution in [-0.4, -0.2) is 18.5 Å². The van der Waals surface area contributed by atoms with Crippen molar-refractivity contribution in [1.29, 1.82) is 0 Å². The molecule has 0 radical (unpaired) electrons. The average molecular weight is 249 g/mol. The van der Waals surface area contributed by atoms with Gasteiger partial charge >= 0.3 is 0 Å². The van der Waals surface area contributed by atoms with Gasteiger partial charge in [-0.25, -0.2) is 0 Å². The fraction of sp³-hybridized carbons (Fsp3) is 0.500. The summed E-state index contributed by atoms with van der Waals surface area (Å²) in [4.78, 5) is 12.0. The zero-order chi connectivity index (χ0) is 13.5. The van der Waals surface area contributed by atoms with Crippen LogP contribution in [0.1, 0.15) is 44.0 Å². The topological polar surface area (TPSA) is 67.1 Å². The number of nitrogens with two attached hydrogens (primary N) is 1. The predicted molar refractivity (Wildman–Crippen MR) is 76.9 cm³/mol. The van der Waals surface area contributed by atoms with Crippen LogP contribution in [0.25, 0.3) is 0 Å². The van der Waals surface area contributed by atoms with Gasteiger partial charge in [0.2, 0.25) is 0 Å². The summed E-state index contributed by atoms with van der Waals surface area (Å²) >= 11 is 0. The number of nitrogens with one attached hydrogen (secondary N) is 2. The number of amides is 1. The number of anilines is 2. The second kappa shape index (κ2) is 6.89. The second-order valence-electron chi connectivity index (χ2n) is 4.50. The van der Waals surface area contributed by atoms with E-state index in [0.29, 0.717) is 23.8 Å². The average Bonchev–Trinajstić information content (AvgIpc) is 2.32. The number of carbonyl (C=O) groups is 1. The molecule has 0 fully saturated rings. The molecule has 1 aromatic carbocycles. The molecule has 18 heavy (non-hydrogen) atoms. The van der Waals surface area contributed by atoms with E-state index in [0.717, 1.165) is 18.5 Å². The summed E-state index contributed by atoms with van der Waals surface area (Å²) in [7, 11) is 0. The highest BCUT2D eigenvalue weighted by Crippen LogP contribution is 2.20. The molecule has 4 N–H and O–H groups in total. The Labute approximate surface area is 109 Å². The molecule has 1 rings (SSSR count). The van der Waals surface area contributed by atoms with Gasteiger partial charge in [0.1, 0.15) is 0 Å². The number of rotatable bonds is 6. The van der Waals surface area contributed by atoms with Gasteiger partial charge in [0.05, 0.1) is 5.56 Å². The minimum Gasteiger partial charge on any atom is -0.399 e. The van der Waals surface area contributed by atoms with Crippen molar-refractivity contribution >= 4 is 17.3 Å². The van der Waals surface area contributed by atoms with Crippen LogP contribution in [0.5, 0.6) is 0 Å². The van der Waals surface area contributed by atoms with Crippen molar-refractivity contribution in [3.63, 3.8) is 0 Å². The number of benzene rings is 1. The summed E-state index contributed by atoms with van der Waals surface area (Å²) in [6, 6.07) is 5.73. The van der Waals surface area contributed by atoms with E-state index < -0.39 is 0 Å². The molecule has 1 aromatic rings. The summed E-state index contributed by atoms with van der Waals surface area (Å²) in [5, 5.41) is 6.16. The largest absolute Gasteiger partial charge is 0.399 e. The van der Waals surface area contributed by atoms with Crippen molar-refractivity contribution in [2.24, 2.45) is 0 Å². The minimum absolute atomic E-state index is 0.0870. The van der Waals surface area contributed by atoms with Gasteiger partial charge in [-0.3, -0.25) is 4.79 Å². The zero-order valence-electron chi connectivity index (χ0n) is 11.4. The molecule has 4 heteroatoms. The quantitative estimate of drug-likeness (QED) is 0.679. The van der Waals surface area contributed by atoms with Crippen LogP contribution < -0.4 is 16.4 Å². The van der Waals surface area contributed by atoms with E-state index in [4.69, 9.17) is 5.73 Å². The first-order valence-electron chi connectivity index (χ1n) is 6.52. The lowest BCUT2D eigenvalue weighted by molar-refractivity contribution is 0.0956. The molecule has 0 saturated heterocycles. The zero-order valence-corrected chi connectivity index (χ0v) is 11.4. The van der Waals surface area contributed by atoms with Gasteiger partial charge in [-0.2, -0.15) is 0 Å². The molecular weight excluding hydrogens is 226 g/mol. The van der Waals surface area contributed by atoms with Gasteiger partial charge in [0.25, 0.3) is 5.91 Å². The fourth-order valence-corrected chi connectivity index (χ4v) is 1.90. The van der Waals surface area contributed by atoms with E-state index in [1.54, 1.807) is 6.07 Å². The molecule has 0 bridgehead atoms. The Bertz CT molecular complexity index is 404. The molecule has 0 aliphatic carbocycles. The van der Waals surface area contributed by atoms with Crippen LogP contribution in [-0.2, 0) is 0 Å². The Hall–Kier alpha value is -1.71. The van der Waals surface area contributed by atoms with Crippen LogP contribution in [0, 0.1) is 0 Å². The van der Waals surface area contributed by atoms with E-state index in [-0.39, 0.29) is 5.91 Å². The summed E-state index contributed by atoms with van der Waals surface area (Å²) < 4.78 is 0. The molecule has 0 aliphatic rings. The van der Waals surface area contributed by atoms with Crippen molar-refractivity contribution in [2.45, 2.75) is 39.7 Å². The summed E-state index contributed by atoms with van der Waals surface area (Å²) in [6.45, 7) is 6.77. The number of nitrogen functional groups attached to an aromatic ring is 1. The van der Waals surface area contributed by atoms with Crippen LogP contribution in [0.4, 0.5) is 11.4 Å². The normalized spacial score (nSPS) is 11.9. The van der Waals surface area contributed by atoms with E-state index in [9.17, 15) is 4.79 Å². The molecule has 4 nitrogen and oxygen atoms in total. The highest BCUT2D eigenvalue weighted by molar-refractivity contribution is 6.00. The maximum absolute atomic E-state index is 12.0. The third kappa shape index (κ3) is 3.95. The molecule has 100 valence electrons. The van der Waals surface area contributed by atoms with Gasteiger partial charge < -0.3 is 16.4 Å². The van der Waals surface area contributed by atoms with Crippen molar-refractivity contribution in [2.75, 3.05) is 17.6 Å². The highest BCUT2D eigenvalue weighted by Gasteiger charge is 2.12. The van der Waals surface area contributed by atoms with E-state index in [2.05, 4.69) is 24.5 Å². The number of hydrogen-bond acceptors (Lipinski definition) is 3. The fourth-order valence-electron chi connectivity index (χ4n) is 1.90. The summed E-state index contributed by atoms with van der Waals surface area (Å²) in [5.41, 5.74) is 7.80. The standard InChI is InChI=1S/C14H23N3O/c1-4-6-10(3)17-13-8-7-11(15)9-12(13)14(18)16-5-2/h7-10,17H,4-6,15H2,1-3H3,(H,16,18)/t10-/m1/s1. The first-order valence-corrected chi connectivity index (χ1v) is 6.52. The van der Waals surface area contributed by atoms with Gasteiger partial charge in [0.15, 0.2) is 0 Å². The molecule has 0 saturated carbocycles. The third-order valence-electron chi connectivity index (χ3n) is 2.75. The molecule has 0 spiro atoms. The van der Waals surface area contributed by atoms with Crippen molar-refractivity contribution in [1.82, 2.24) is 5.32 Å². The van der Waals surface area contributed by atoms with Gasteiger partial charge in [-0.1, -0.05) is 13.3 Å². The molecular formula is C14H23N3O. The summed E-state index contributed by atoms with van der Waals surface area (Å²) in [5.74, 6) is -0.0870. The van der Waals surface area contributed by atoms with Gasteiger partial charge in [-0.05, 0) is 38.5 Å². The molecule has 1 atom stereocenters. The monoisotopic (exact) mass is 249 g/mol. The Kier molecular flexibility index (Phi) is 5.49. The first kappa shape index (κ1) is 14.4. The van der Waals surface area contributed by atoms with E-state index in [1.807, 2.05) is 19.1 Å². The Morgan fingerprint density at radius 3 is 2.72 bits per heavy atom. The smallest absolute Gasteiger partial charge is 0.253 e.